The third-order valence-corrected chi connectivity index (χ3v) is 1.71. The van der Waals surface area contributed by atoms with Crippen LogP contribution >= 0.6 is 0 Å². The molecule has 0 radical (unpaired) electrons. The van der Waals surface area contributed by atoms with Crippen molar-refractivity contribution in [2.24, 2.45) is 7.05 Å². The number of hydrogen-bond donors (Lipinski definition) is 1. The fourth-order valence-corrected chi connectivity index (χ4v) is 1.10. The summed E-state index contributed by atoms with van der Waals surface area (Å²) in [7, 11) is 1.77. The van der Waals surface area contributed by atoms with Gasteiger partial charge in [-0.2, -0.15) is 5.10 Å². The highest BCUT2D eigenvalue weighted by molar-refractivity contribution is 5.35. The Balaban J connectivity index is 2.23. The number of ether oxygens (including phenoxy) is 1. The van der Waals surface area contributed by atoms with Crippen molar-refractivity contribution in [1.82, 2.24) is 14.8 Å². The van der Waals surface area contributed by atoms with Crippen molar-refractivity contribution >= 4 is 5.82 Å². The molecule has 2 heterocycles. The quantitative estimate of drug-likeness (QED) is 0.772. The Bertz CT molecular complexity index is 424. The Labute approximate surface area is 81.1 Å². The number of aryl methyl sites for hydroxylation is 1. The molecule has 2 rings (SSSR count). The zero-order valence-electron chi connectivity index (χ0n) is 7.71. The van der Waals surface area contributed by atoms with Crippen LogP contribution < -0.4 is 10.5 Å². The lowest BCUT2D eigenvalue weighted by atomic mass is 10.5. The first-order valence-corrected chi connectivity index (χ1v) is 4.13. The Morgan fingerprint density at radius 3 is 2.93 bits per heavy atom. The lowest BCUT2D eigenvalue weighted by Gasteiger charge is -2.03. The molecule has 0 aliphatic heterocycles. The zero-order valence-corrected chi connectivity index (χ0v) is 7.71. The third kappa shape index (κ3) is 1.66. The minimum atomic E-state index is 0.436. The lowest BCUT2D eigenvalue weighted by molar-refractivity contribution is 0.429. The summed E-state index contributed by atoms with van der Waals surface area (Å²) in [6, 6.07) is 5.28. The van der Waals surface area contributed by atoms with E-state index in [0.717, 1.165) is 0 Å². The van der Waals surface area contributed by atoms with Crippen LogP contribution in [0.5, 0.6) is 11.6 Å². The topological polar surface area (TPSA) is 66.0 Å². The summed E-state index contributed by atoms with van der Waals surface area (Å²) >= 11 is 0. The van der Waals surface area contributed by atoms with E-state index in [1.807, 2.05) is 6.07 Å². The van der Waals surface area contributed by atoms with Gasteiger partial charge in [-0.25, -0.2) is 4.68 Å². The number of nitrogens with zero attached hydrogens (tertiary/aromatic N) is 3. The summed E-state index contributed by atoms with van der Waals surface area (Å²) in [5.41, 5.74) is 5.51. The van der Waals surface area contributed by atoms with Crippen LogP contribution in [-0.2, 0) is 7.05 Å². The van der Waals surface area contributed by atoms with E-state index in [1.54, 1.807) is 36.3 Å². The molecule has 0 fully saturated rings. The van der Waals surface area contributed by atoms with Crippen molar-refractivity contribution in [3.05, 3.63) is 30.6 Å². The van der Waals surface area contributed by atoms with Gasteiger partial charge in [0.15, 0.2) is 0 Å². The monoisotopic (exact) mass is 190 g/mol. The molecule has 0 unspecified atom stereocenters. The SMILES string of the molecule is Cn1nc(N)cc1Oc1cccnc1. The van der Waals surface area contributed by atoms with E-state index in [1.165, 1.54) is 0 Å². The van der Waals surface area contributed by atoms with Gasteiger partial charge in [0.05, 0.1) is 6.20 Å². The number of pyridine rings is 1. The molecule has 0 spiro atoms. The van der Waals surface area contributed by atoms with Gasteiger partial charge in [0.1, 0.15) is 11.6 Å². The maximum atomic E-state index is 5.51. The van der Waals surface area contributed by atoms with Gasteiger partial charge in [0.25, 0.3) is 0 Å². The molecule has 2 N–H and O–H groups in total. The third-order valence-electron chi connectivity index (χ3n) is 1.71. The Morgan fingerprint density at radius 2 is 2.36 bits per heavy atom. The van der Waals surface area contributed by atoms with E-state index in [4.69, 9.17) is 10.5 Å². The molecule has 0 atom stereocenters. The minimum absolute atomic E-state index is 0.436. The molecule has 0 saturated carbocycles. The van der Waals surface area contributed by atoms with E-state index in [2.05, 4.69) is 10.1 Å². The van der Waals surface area contributed by atoms with Gasteiger partial charge < -0.3 is 10.5 Å². The molecule has 0 aliphatic rings. The molecular formula is C9H10N4O. The molecule has 0 aliphatic carbocycles. The second kappa shape index (κ2) is 3.37. The van der Waals surface area contributed by atoms with E-state index in [-0.39, 0.29) is 0 Å². The highest BCUT2D eigenvalue weighted by Gasteiger charge is 2.03. The summed E-state index contributed by atoms with van der Waals surface area (Å²) in [6.07, 6.45) is 3.31. The summed E-state index contributed by atoms with van der Waals surface area (Å²) in [5, 5.41) is 3.96. The van der Waals surface area contributed by atoms with Crippen molar-refractivity contribution in [3.8, 4) is 11.6 Å². The van der Waals surface area contributed by atoms with Crippen molar-refractivity contribution in [1.29, 1.82) is 0 Å². The van der Waals surface area contributed by atoms with E-state index in [0.29, 0.717) is 17.4 Å². The Morgan fingerprint density at radius 1 is 1.50 bits per heavy atom. The first kappa shape index (κ1) is 8.55. The van der Waals surface area contributed by atoms with Gasteiger partial charge >= 0.3 is 0 Å². The van der Waals surface area contributed by atoms with Gasteiger partial charge in [-0.3, -0.25) is 4.98 Å². The Kier molecular flexibility index (Phi) is 2.06. The van der Waals surface area contributed by atoms with Gasteiger partial charge in [-0.15, -0.1) is 0 Å². The number of rotatable bonds is 2. The van der Waals surface area contributed by atoms with Crippen LogP contribution in [0.2, 0.25) is 0 Å². The minimum Gasteiger partial charge on any atom is -0.438 e. The largest absolute Gasteiger partial charge is 0.438 e. The van der Waals surface area contributed by atoms with Crippen molar-refractivity contribution in [3.63, 3.8) is 0 Å². The van der Waals surface area contributed by atoms with Crippen LogP contribution in [0.15, 0.2) is 30.6 Å². The number of hydrogen-bond acceptors (Lipinski definition) is 4. The average Bonchev–Trinajstić information content (AvgIpc) is 2.47. The summed E-state index contributed by atoms with van der Waals surface area (Å²) < 4.78 is 7.06. The fourth-order valence-electron chi connectivity index (χ4n) is 1.10. The molecule has 0 aromatic carbocycles. The summed E-state index contributed by atoms with van der Waals surface area (Å²) in [5.74, 6) is 1.69. The van der Waals surface area contributed by atoms with E-state index in [9.17, 15) is 0 Å². The molecular weight excluding hydrogens is 180 g/mol. The van der Waals surface area contributed by atoms with Crippen LogP contribution in [0.25, 0.3) is 0 Å². The highest BCUT2D eigenvalue weighted by atomic mass is 16.5. The van der Waals surface area contributed by atoms with Crippen molar-refractivity contribution in [2.45, 2.75) is 0 Å². The predicted molar refractivity (Wildman–Crippen MR) is 51.9 cm³/mol. The second-order valence-electron chi connectivity index (χ2n) is 2.82. The molecule has 5 nitrogen and oxygen atoms in total. The first-order chi connectivity index (χ1) is 6.75. The average molecular weight is 190 g/mol. The molecule has 72 valence electrons. The molecule has 2 aromatic heterocycles. The van der Waals surface area contributed by atoms with E-state index >= 15 is 0 Å². The van der Waals surface area contributed by atoms with Gasteiger partial charge in [-0.05, 0) is 12.1 Å². The molecule has 14 heavy (non-hydrogen) atoms. The van der Waals surface area contributed by atoms with Crippen LogP contribution in [0.3, 0.4) is 0 Å². The number of nitrogens with two attached hydrogens (primary N) is 1. The number of aromatic nitrogens is 3. The highest BCUT2D eigenvalue weighted by Crippen LogP contribution is 2.20. The molecule has 2 aromatic rings. The van der Waals surface area contributed by atoms with Crippen molar-refractivity contribution in [2.75, 3.05) is 5.73 Å². The molecule has 0 saturated heterocycles. The fraction of sp³-hybridized carbons (Fsp3) is 0.111. The molecule has 0 bridgehead atoms. The van der Waals surface area contributed by atoms with Crippen LogP contribution in [0.4, 0.5) is 5.82 Å². The van der Waals surface area contributed by atoms with Crippen molar-refractivity contribution < 1.29 is 4.74 Å². The van der Waals surface area contributed by atoms with Crippen LogP contribution in [-0.4, -0.2) is 14.8 Å². The van der Waals surface area contributed by atoms with Gasteiger partial charge in [0, 0.05) is 19.3 Å². The van der Waals surface area contributed by atoms with Crippen LogP contribution in [0, 0.1) is 0 Å². The van der Waals surface area contributed by atoms with Gasteiger partial charge in [-0.1, -0.05) is 0 Å². The number of anilines is 1. The predicted octanol–water partition coefficient (Wildman–Crippen LogP) is 1.19. The normalized spacial score (nSPS) is 10.1. The standard InChI is InChI=1S/C9H10N4O/c1-13-9(5-8(10)12-13)14-7-3-2-4-11-6-7/h2-6H,1H3,(H2,10,12). The summed E-state index contributed by atoms with van der Waals surface area (Å²) in [6.45, 7) is 0. The molecule has 5 heteroatoms. The number of nitrogen functional groups attached to an aromatic ring is 1. The maximum Gasteiger partial charge on any atom is 0.219 e. The van der Waals surface area contributed by atoms with E-state index < -0.39 is 0 Å². The zero-order chi connectivity index (χ0) is 9.97. The Hall–Kier alpha value is -2.04. The first-order valence-electron chi connectivity index (χ1n) is 4.13. The second-order valence-corrected chi connectivity index (χ2v) is 2.82. The lowest BCUT2D eigenvalue weighted by Crippen LogP contribution is -1.95. The summed E-state index contributed by atoms with van der Waals surface area (Å²) in [4.78, 5) is 3.93. The molecule has 0 amide bonds. The smallest absolute Gasteiger partial charge is 0.219 e. The van der Waals surface area contributed by atoms with Gasteiger partial charge in [0.2, 0.25) is 5.88 Å². The van der Waals surface area contributed by atoms with Crippen LogP contribution in [0.1, 0.15) is 0 Å². The maximum absolute atomic E-state index is 5.51.